The van der Waals surface area contributed by atoms with Crippen molar-refractivity contribution in [1.82, 2.24) is 0 Å². The Morgan fingerprint density at radius 2 is 2.23 bits per heavy atom. The summed E-state index contributed by atoms with van der Waals surface area (Å²) in [6.07, 6.45) is 4.55. The molecule has 1 fully saturated rings. The minimum absolute atomic E-state index is 0.0825. The van der Waals surface area contributed by atoms with Gasteiger partial charge in [-0.1, -0.05) is 18.9 Å². The highest BCUT2D eigenvalue weighted by Gasteiger charge is 2.23. The molecule has 0 aromatic carbocycles. The molecule has 0 amide bonds. The van der Waals surface area contributed by atoms with E-state index in [4.69, 9.17) is 0 Å². The van der Waals surface area contributed by atoms with Gasteiger partial charge in [-0.15, -0.1) is 23.1 Å². The summed E-state index contributed by atoms with van der Waals surface area (Å²) >= 11 is 3.62. The smallest absolute Gasteiger partial charge is 0.0662 e. The summed E-state index contributed by atoms with van der Waals surface area (Å²) in [4.78, 5) is 0. The Morgan fingerprint density at radius 3 is 2.92 bits per heavy atom. The van der Waals surface area contributed by atoms with Crippen molar-refractivity contribution in [3.63, 3.8) is 0 Å². The molecule has 13 heavy (non-hydrogen) atoms. The van der Waals surface area contributed by atoms with Gasteiger partial charge in [-0.2, -0.15) is 0 Å². The fourth-order valence-electron chi connectivity index (χ4n) is 1.69. The van der Waals surface area contributed by atoms with E-state index in [-0.39, 0.29) is 6.10 Å². The van der Waals surface area contributed by atoms with E-state index in [0.717, 1.165) is 6.42 Å². The van der Waals surface area contributed by atoms with E-state index >= 15 is 0 Å². The van der Waals surface area contributed by atoms with Crippen molar-refractivity contribution in [2.75, 3.05) is 0 Å². The Kier molecular flexibility index (Phi) is 3.30. The van der Waals surface area contributed by atoms with Crippen LogP contribution in [0.2, 0.25) is 0 Å². The van der Waals surface area contributed by atoms with E-state index < -0.39 is 0 Å². The molecule has 0 saturated heterocycles. The van der Waals surface area contributed by atoms with Crippen molar-refractivity contribution in [3.05, 3.63) is 17.5 Å². The van der Waals surface area contributed by atoms with Gasteiger partial charge in [0.25, 0.3) is 0 Å². The average Bonchev–Trinajstić information content (AvgIpc) is 2.61. The molecule has 1 aliphatic rings. The molecule has 1 aromatic rings. The van der Waals surface area contributed by atoms with E-state index in [2.05, 4.69) is 17.5 Å². The number of thioether (sulfide) groups is 1. The van der Waals surface area contributed by atoms with Gasteiger partial charge in [0.1, 0.15) is 0 Å². The maximum atomic E-state index is 9.75. The second-order valence-corrected chi connectivity index (χ2v) is 5.93. The normalized spacial score (nSPS) is 29.0. The molecule has 1 heterocycles. The van der Waals surface area contributed by atoms with E-state index in [1.165, 1.54) is 23.5 Å². The Hall–Kier alpha value is 0.01000. The molecule has 1 nitrogen and oxygen atoms in total. The van der Waals surface area contributed by atoms with Crippen LogP contribution in [-0.2, 0) is 0 Å². The number of rotatable bonds is 2. The molecular formula is C10H14OS2. The first-order valence-corrected chi connectivity index (χ1v) is 6.50. The van der Waals surface area contributed by atoms with Crippen LogP contribution in [0.25, 0.3) is 0 Å². The summed E-state index contributed by atoms with van der Waals surface area (Å²) in [5.41, 5.74) is 0. The third kappa shape index (κ3) is 2.48. The van der Waals surface area contributed by atoms with Gasteiger partial charge in [-0.05, 0) is 24.3 Å². The number of hydrogen-bond donors (Lipinski definition) is 1. The number of hydrogen-bond acceptors (Lipinski definition) is 3. The summed E-state index contributed by atoms with van der Waals surface area (Å²) in [5, 5.41) is 12.3. The molecule has 0 unspecified atom stereocenters. The third-order valence-electron chi connectivity index (χ3n) is 2.43. The quantitative estimate of drug-likeness (QED) is 0.816. The van der Waals surface area contributed by atoms with E-state index in [0.29, 0.717) is 5.25 Å². The van der Waals surface area contributed by atoms with Crippen LogP contribution < -0.4 is 0 Å². The molecule has 72 valence electrons. The molecule has 1 aliphatic carbocycles. The first-order valence-electron chi connectivity index (χ1n) is 4.74. The first-order chi connectivity index (χ1) is 6.36. The molecule has 0 spiro atoms. The fraction of sp³-hybridized carbons (Fsp3) is 0.600. The first kappa shape index (κ1) is 9.56. The van der Waals surface area contributed by atoms with Crippen LogP contribution in [0.15, 0.2) is 21.7 Å². The molecular weight excluding hydrogens is 200 g/mol. The highest BCUT2D eigenvalue weighted by Crippen LogP contribution is 2.35. The zero-order valence-electron chi connectivity index (χ0n) is 7.48. The second-order valence-electron chi connectivity index (χ2n) is 3.44. The van der Waals surface area contributed by atoms with Gasteiger partial charge in [-0.3, -0.25) is 0 Å². The lowest BCUT2D eigenvalue weighted by Crippen LogP contribution is -2.26. The lowest BCUT2D eigenvalue weighted by Gasteiger charge is -2.26. The third-order valence-corrected chi connectivity index (χ3v) is 4.89. The predicted octanol–water partition coefficient (Wildman–Crippen LogP) is 3.14. The van der Waals surface area contributed by atoms with Crippen molar-refractivity contribution >= 4 is 23.1 Å². The Morgan fingerprint density at radius 1 is 1.38 bits per heavy atom. The van der Waals surface area contributed by atoms with Crippen LogP contribution in [0.5, 0.6) is 0 Å². The molecule has 3 heteroatoms. The zero-order chi connectivity index (χ0) is 9.10. The van der Waals surface area contributed by atoms with E-state index in [1.807, 2.05) is 11.8 Å². The summed E-state index contributed by atoms with van der Waals surface area (Å²) in [7, 11) is 0. The van der Waals surface area contributed by atoms with Gasteiger partial charge in [0.05, 0.1) is 10.3 Å². The van der Waals surface area contributed by atoms with Crippen LogP contribution in [0.3, 0.4) is 0 Å². The molecule has 1 saturated carbocycles. The molecule has 0 radical (unpaired) electrons. The summed E-state index contributed by atoms with van der Waals surface area (Å²) in [5.74, 6) is 0. The maximum absolute atomic E-state index is 9.75. The summed E-state index contributed by atoms with van der Waals surface area (Å²) < 4.78 is 1.34. The topological polar surface area (TPSA) is 20.2 Å². The number of thiophene rings is 1. The summed E-state index contributed by atoms with van der Waals surface area (Å²) in [6.45, 7) is 0. The molecule has 0 bridgehead atoms. The lowest BCUT2D eigenvalue weighted by molar-refractivity contribution is 0.137. The van der Waals surface area contributed by atoms with Crippen LogP contribution >= 0.6 is 23.1 Å². The highest BCUT2D eigenvalue weighted by atomic mass is 32.2. The Labute approximate surface area is 87.2 Å². The maximum Gasteiger partial charge on any atom is 0.0662 e. The van der Waals surface area contributed by atoms with Crippen molar-refractivity contribution < 1.29 is 5.11 Å². The standard InChI is InChI=1S/C10H14OS2/c11-8-4-1-2-5-9(8)13-10-6-3-7-12-10/h3,6-9,11H,1-2,4-5H2/t8-,9-/m0/s1. The second kappa shape index (κ2) is 4.49. The van der Waals surface area contributed by atoms with Crippen molar-refractivity contribution in [1.29, 1.82) is 0 Å². The van der Waals surface area contributed by atoms with E-state index in [9.17, 15) is 5.11 Å². The Bertz CT molecular complexity index is 245. The van der Waals surface area contributed by atoms with Crippen LogP contribution in [0, 0.1) is 0 Å². The van der Waals surface area contributed by atoms with Crippen molar-refractivity contribution in [2.45, 2.75) is 41.2 Å². The van der Waals surface area contributed by atoms with Crippen LogP contribution in [0.1, 0.15) is 25.7 Å². The number of aliphatic hydroxyl groups excluding tert-OH is 1. The van der Waals surface area contributed by atoms with Gasteiger partial charge in [0.2, 0.25) is 0 Å². The van der Waals surface area contributed by atoms with Crippen LogP contribution in [-0.4, -0.2) is 16.5 Å². The minimum atomic E-state index is -0.0825. The van der Waals surface area contributed by atoms with Gasteiger partial charge in [0, 0.05) is 5.25 Å². The molecule has 1 N–H and O–H groups in total. The largest absolute Gasteiger partial charge is 0.392 e. The van der Waals surface area contributed by atoms with E-state index in [1.54, 1.807) is 11.3 Å². The summed E-state index contributed by atoms with van der Waals surface area (Å²) in [6, 6.07) is 4.21. The van der Waals surface area contributed by atoms with Gasteiger partial charge in [-0.25, -0.2) is 0 Å². The molecule has 2 atom stereocenters. The van der Waals surface area contributed by atoms with Crippen molar-refractivity contribution in [2.24, 2.45) is 0 Å². The lowest BCUT2D eigenvalue weighted by atomic mass is 9.97. The van der Waals surface area contributed by atoms with Gasteiger partial charge < -0.3 is 5.11 Å². The van der Waals surface area contributed by atoms with Gasteiger partial charge in [0.15, 0.2) is 0 Å². The van der Waals surface area contributed by atoms with Crippen molar-refractivity contribution in [3.8, 4) is 0 Å². The predicted molar refractivity (Wildman–Crippen MR) is 58.4 cm³/mol. The SMILES string of the molecule is O[C@H]1CCCC[C@@H]1Sc1cccs1. The molecule has 0 aliphatic heterocycles. The highest BCUT2D eigenvalue weighted by molar-refractivity contribution is 8.01. The molecule has 1 aromatic heterocycles. The number of aliphatic hydroxyl groups is 1. The Balaban J connectivity index is 1.93. The zero-order valence-corrected chi connectivity index (χ0v) is 9.11. The minimum Gasteiger partial charge on any atom is -0.392 e. The monoisotopic (exact) mass is 214 g/mol. The average molecular weight is 214 g/mol. The van der Waals surface area contributed by atoms with Crippen LogP contribution in [0.4, 0.5) is 0 Å². The van der Waals surface area contributed by atoms with Gasteiger partial charge >= 0.3 is 0 Å². The fourth-order valence-corrected chi connectivity index (χ4v) is 3.94. The molecule has 2 rings (SSSR count).